The van der Waals surface area contributed by atoms with Crippen LogP contribution in [0.3, 0.4) is 0 Å². The lowest BCUT2D eigenvalue weighted by molar-refractivity contribution is 0.0717. The molecule has 2 rings (SSSR count). The maximum absolute atomic E-state index is 12.1. The van der Waals surface area contributed by atoms with E-state index in [0.717, 1.165) is 30.2 Å². The molecule has 0 heterocycles. The lowest BCUT2D eigenvalue weighted by atomic mass is 9.92. The van der Waals surface area contributed by atoms with Gasteiger partial charge in [0, 0.05) is 4.47 Å². The summed E-state index contributed by atoms with van der Waals surface area (Å²) in [7, 11) is 0. The van der Waals surface area contributed by atoms with Crippen LogP contribution >= 0.6 is 27.5 Å². The Morgan fingerprint density at radius 2 is 2.11 bits per heavy atom. The molecule has 0 radical (unpaired) electrons. The fourth-order valence-electron chi connectivity index (χ4n) is 2.20. The third-order valence-corrected chi connectivity index (χ3v) is 4.04. The summed E-state index contributed by atoms with van der Waals surface area (Å²) in [6.07, 6.45) is 3.17. The molecule has 0 bridgehead atoms. The number of hydrogen-bond acceptors (Lipinski definition) is 2. The van der Waals surface area contributed by atoms with Gasteiger partial charge >= 0.3 is 0 Å². The molecule has 1 aliphatic carbocycles. The zero-order valence-corrected chi connectivity index (χ0v) is 12.2. The molecule has 2 N–H and O–H groups in total. The molecule has 5 heteroatoms. The van der Waals surface area contributed by atoms with E-state index in [1.165, 1.54) is 0 Å². The van der Waals surface area contributed by atoms with Gasteiger partial charge in [0.05, 0.1) is 22.7 Å². The molecule has 18 heavy (non-hydrogen) atoms. The van der Waals surface area contributed by atoms with Crippen LogP contribution in [0, 0.1) is 0 Å². The fourth-order valence-corrected chi connectivity index (χ4v) is 2.76. The number of benzene rings is 1. The van der Waals surface area contributed by atoms with Gasteiger partial charge in [-0.1, -0.05) is 40.4 Å². The molecule has 3 nitrogen and oxygen atoms in total. The Kier molecular flexibility index (Phi) is 4.65. The van der Waals surface area contributed by atoms with E-state index in [4.69, 9.17) is 11.6 Å². The molecule has 0 aromatic heterocycles. The standard InChI is InChI=1S/C13H15BrClNO2/c14-8-5-6-10(15)9(7-8)13(18)16-11-3-1-2-4-12(11)17/h5-7,11-12,17H,1-4H2,(H,16,18)/t11-,12-/m0/s1. The Labute approximate surface area is 120 Å². The minimum absolute atomic E-state index is 0.165. The molecule has 1 saturated carbocycles. The number of nitrogens with one attached hydrogen (secondary N) is 1. The lowest BCUT2D eigenvalue weighted by Gasteiger charge is -2.28. The Bertz CT molecular complexity index is 453. The van der Waals surface area contributed by atoms with E-state index in [0.29, 0.717) is 10.6 Å². The molecule has 1 aliphatic rings. The molecule has 0 spiro atoms. The van der Waals surface area contributed by atoms with E-state index in [1.807, 2.05) is 0 Å². The summed E-state index contributed by atoms with van der Waals surface area (Å²) >= 11 is 9.31. The van der Waals surface area contributed by atoms with Crippen molar-refractivity contribution in [3.8, 4) is 0 Å². The van der Waals surface area contributed by atoms with Crippen LogP contribution in [0.1, 0.15) is 36.0 Å². The van der Waals surface area contributed by atoms with E-state index in [1.54, 1.807) is 18.2 Å². The van der Waals surface area contributed by atoms with Gasteiger partial charge < -0.3 is 10.4 Å². The Morgan fingerprint density at radius 3 is 2.83 bits per heavy atom. The Hall–Kier alpha value is -0.580. The first-order valence-electron chi connectivity index (χ1n) is 6.02. The lowest BCUT2D eigenvalue weighted by Crippen LogP contribution is -2.45. The average molecular weight is 333 g/mol. The maximum Gasteiger partial charge on any atom is 0.253 e. The smallest absolute Gasteiger partial charge is 0.253 e. The third-order valence-electron chi connectivity index (χ3n) is 3.22. The van der Waals surface area contributed by atoms with Crippen molar-refractivity contribution in [1.29, 1.82) is 0 Å². The molecule has 0 saturated heterocycles. The fraction of sp³-hybridized carbons (Fsp3) is 0.462. The zero-order chi connectivity index (χ0) is 13.1. The van der Waals surface area contributed by atoms with Crippen LogP contribution in [0.15, 0.2) is 22.7 Å². The van der Waals surface area contributed by atoms with Crippen LogP contribution < -0.4 is 5.32 Å². The van der Waals surface area contributed by atoms with Gasteiger partial charge in [-0.25, -0.2) is 0 Å². The molecular formula is C13H15BrClNO2. The summed E-state index contributed by atoms with van der Waals surface area (Å²) in [5.74, 6) is -0.229. The average Bonchev–Trinajstić information content (AvgIpc) is 2.35. The number of rotatable bonds is 2. The van der Waals surface area contributed by atoms with E-state index < -0.39 is 6.10 Å². The molecular weight excluding hydrogens is 318 g/mol. The monoisotopic (exact) mass is 331 g/mol. The molecule has 98 valence electrons. The van der Waals surface area contributed by atoms with E-state index in [2.05, 4.69) is 21.2 Å². The quantitative estimate of drug-likeness (QED) is 0.874. The highest BCUT2D eigenvalue weighted by Gasteiger charge is 2.25. The Morgan fingerprint density at radius 1 is 1.39 bits per heavy atom. The normalized spacial score (nSPS) is 23.7. The summed E-state index contributed by atoms with van der Waals surface area (Å²) < 4.78 is 0.807. The molecule has 1 aromatic rings. The SMILES string of the molecule is O=C(N[C@H]1CCCC[C@@H]1O)c1cc(Br)ccc1Cl. The van der Waals surface area contributed by atoms with Crippen molar-refractivity contribution in [2.75, 3.05) is 0 Å². The third kappa shape index (κ3) is 3.25. The first kappa shape index (κ1) is 13.8. The summed E-state index contributed by atoms with van der Waals surface area (Å²) in [6.45, 7) is 0. The van der Waals surface area contributed by atoms with E-state index in [-0.39, 0.29) is 11.9 Å². The number of aliphatic hydroxyl groups is 1. The van der Waals surface area contributed by atoms with E-state index >= 15 is 0 Å². The predicted molar refractivity (Wildman–Crippen MR) is 74.9 cm³/mol. The summed E-state index contributed by atoms with van der Waals surface area (Å²) in [4.78, 5) is 12.1. The van der Waals surface area contributed by atoms with Crippen LogP contribution in [-0.2, 0) is 0 Å². The van der Waals surface area contributed by atoms with Gasteiger partial charge in [0.25, 0.3) is 5.91 Å². The van der Waals surface area contributed by atoms with Crippen molar-refractivity contribution in [1.82, 2.24) is 5.32 Å². The number of carbonyl (C=O) groups excluding carboxylic acids is 1. The largest absolute Gasteiger partial charge is 0.391 e. The van der Waals surface area contributed by atoms with Crippen LogP contribution in [0.5, 0.6) is 0 Å². The first-order valence-corrected chi connectivity index (χ1v) is 7.19. The number of hydrogen-bond donors (Lipinski definition) is 2. The number of halogens is 2. The van der Waals surface area contributed by atoms with Gasteiger partial charge in [0.1, 0.15) is 0 Å². The highest BCUT2D eigenvalue weighted by Crippen LogP contribution is 2.23. The van der Waals surface area contributed by atoms with Gasteiger partial charge in [0.2, 0.25) is 0 Å². The van der Waals surface area contributed by atoms with Crippen LogP contribution in [-0.4, -0.2) is 23.2 Å². The predicted octanol–water partition coefficient (Wildman–Crippen LogP) is 3.14. The van der Waals surface area contributed by atoms with Gasteiger partial charge in [0.15, 0.2) is 0 Å². The highest BCUT2D eigenvalue weighted by atomic mass is 79.9. The van der Waals surface area contributed by atoms with Gasteiger partial charge in [-0.15, -0.1) is 0 Å². The van der Waals surface area contributed by atoms with Crippen molar-refractivity contribution in [3.05, 3.63) is 33.3 Å². The molecule has 1 amide bonds. The second-order valence-corrected chi connectivity index (χ2v) is 5.88. The summed E-state index contributed by atoms with van der Waals surface area (Å²) in [6, 6.07) is 4.99. The van der Waals surface area contributed by atoms with Gasteiger partial charge in [-0.05, 0) is 31.0 Å². The van der Waals surface area contributed by atoms with Crippen molar-refractivity contribution < 1.29 is 9.90 Å². The van der Waals surface area contributed by atoms with Crippen LogP contribution in [0.25, 0.3) is 0 Å². The maximum atomic E-state index is 12.1. The van der Waals surface area contributed by atoms with Gasteiger partial charge in [-0.3, -0.25) is 4.79 Å². The molecule has 1 fully saturated rings. The number of amides is 1. The first-order chi connectivity index (χ1) is 8.58. The Balaban J connectivity index is 2.09. The summed E-state index contributed by atoms with van der Waals surface area (Å²) in [5, 5.41) is 13.1. The minimum Gasteiger partial charge on any atom is -0.391 e. The molecule has 2 atom stereocenters. The van der Waals surface area contributed by atoms with Crippen molar-refractivity contribution >= 4 is 33.4 Å². The second-order valence-electron chi connectivity index (χ2n) is 4.56. The van der Waals surface area contributed by atoms with Crippen molar-refractivity contribution in [3.63, 3.8) is 0 Å². The zero-order valence-electron chi connectivity index (χ0n) is 9.83. The van der Waals surface area contributed by atoms with Crippen LogP contribution in [0.4, 0.5) is 0 Å². The van der Waals surface area contributed by atoms with Crippen molar-refractivity contribution in [2.45, 2.75) is 37.8 Å². The highest BCUT2D eigenvalue weighted by molar-refractivity contribution is 9.10. The van der Waals surface area contributed by atoms with E-state index in [9.17, 15) is 9.90 Å². The topological polar surface area (TPSA) is 49.3 Å². The molecule has 1 aromatic carbocycles. The second kappa shape index (κ2) is 6.04. The number of aliphatic hydroxyl groups excluding tert-OH is 1. The van der Waals surface area contributed by atoms with Crippen molar-refractivity contribution in [2.24, 2.45) is 0 Å². The van der Waals surface area contributed by atoms with Gasteiger partial charge in [-0.2, -0.15) is 0 Å². The molecule has 0 aliphatic heterocycles. The summed E-state index contributed by atoms with van der Waals surface area (Å²) in [5.41, 5.74) is 0.434. The number of carbonyl (C=O) groups is 1. The minimum atomic E-state index is -0.450. The van der Waals surface area contributed by atoms with Crippen LogP contribution in [0.2, 0.25) is 5.02 Å². The molecule has 0 unspecified atom stereocenters.